The van der Waals surface area contributed by atoms with Crippen molar-refractivity contribution in [1.82, 2.24) is 15.1 Å². The Labute approximate surface area is 120 Å². The number of rotatable bonds is 3. The fraction of sp³-hybridized carbons (Fsp3) is 0.385. The third-order valence-electron chi connectivity index (χ3n) is 3.26. The van der Waals surface area contributed by atoms with Crippen molar-refractivity contribution in [2.75, 3.05) is 13.1 Å². The number of nitrogens with zero attached hydrogens (tertiary/aromatic N) is 3. The maximum absolute atomic E-state index is 9.49. The van der Waals surface area contributed by atoms with Gasteiger partial charge in [0.2, 0.25) is 11.8 Å². The number of hydrogen-bond acceptors (Lipinski definition) is 6. The number of benzene rings is 1. The highest BCUT2D eigenvalue weighted by Gasteiger charge is 2.30. The first-order valence-corrected chi connectivity index (χ1v) is 6.67. The Morgan fingerprint density at radius 3 is 2.60 bits per heavy atom. The predicted molar refractivity (Wildman–Crippen MR) is 72.0 cm³/mol. The van der Waals surface area contributed by atoms with E-state index >= 15 is 0 Å². The molecule has 2 aromatic rings. The van der Waals surface area contributed by atoms with Crippen molar-refractivity contribution in [3.05, 3.63) is 35.2 Å². The topological polar surface area (TPSA) is 82.6 Å². The zero-order valence-corrected chi connectivity index (χ0v) is 11.4. The van der Waals surface area contributed by atoms with Gasteiger partial charge in [-0.3, -0.25) is 4.90 Å². The Bertz CT molecular complexity index is 594. The van der Waals surface area contributed by atoms with Gasteiger partial charge in [-0.05, 0) is 12.1 Å². The Hall–Kier alpha value is -1.47. The molecule has 6 nitrogen and oxygen atoms in total. The molecule has 0 amide bonds. The molecule has 106 valence electrons. The fourth-order valence-electron chi connectivity index (χ4n) is 2.23. The lowest BCUT2D eigenvalue weighted by Crippen LogP contribution is -2.22. The van der Waals surface area contributed by atoms with Crippen molar-refractivity contribution in [3.8, 4) is 11.5 Å². The quantitative estimate of drug-likeness (QED) is 0.876. The molecule has 1 fully saturated rings. The van der Waals surface area contributed by atoms with Gasteiger partial charge in [0.05, 0.1) is 29.3 Å². The second kappa shape index (κ2) is 5.49. The monoisotopic (exact) mass is 295 g/mol. The number of halogens is 1. The van der Waals surface area contributed by atoms with E-state index in [0.29, 0.717) is 42.0 Å². The average molecular weight is 296 g/mol. The van der Waals surface area contributed by atoms with Crippen LogP contribution in [0.5, 0.6) is 0 Å². The van der Waals surface area contributed by atoms with Gasteiger partial charge in [0.15, 0.2) is 0 Å². The lowest BCUT2D eigenvalue weighted by atomic mass is 10.2. The third-order valence-corrected chi connectivity index (χ3v) is 3.59. The van der Waals surface area contributed by atoms with Gasteiger partial charge in [0, 0.05) is 13.1 Å². The van der Waals surface area contributed by atoms with Crippen LogP contribution in [0.4, 0.5) is 0 Å². The maximum Gasteiger partial charge on any atom is 0.249 e. The van der Waals surface area contributed by atoms with Gasteiger partial charge < -0.3 is 14.6 Å². The molecule has 0 aliphatic carbocycles. The minimum absolute atomic E-state index is 0.367. The zero-order chi connectivity index (χ0) is 14.1. The van der Waals surface area contributed by atoms with Crippen molar-refractivity contribution in [2.45, 2.75) is 18.8 Å². The van der Waals surface area contributed by atoms with Crippen LogP contribution in [-0.4, -0.2) is 50.6 Å². The first-order chi connectivity index (χ1) is 9.63. The van der Waals surface area contributed by atoms with E-state index < -0.39 is 12.2 Å². The number of hydrogen-bond donors (Lipinski definition) is 2. The summed E-state index contributed by atoms with van der Waals surface area (Å²) in [5, 5.41) is 27.5. The lowest BCUT2D eigenvalue weighted by Gasteiger charge is -2.10. The summed E-state index contributed by atoms with van der Waals surface area (Å²) in [7, 11) is 0. The first-order valence-electron chi connectivity index (χ1n) is 6.29. The van der Waals surface area contributed by atoms with Crippen LogP contribution < -0.4 is 0 Å². The number of aliphatic hydroxyl groups excluding tert-OH is 2. The van der Waals surface area contributed by atoms with Crippen LogP contribution in [0.2, 0.25) is 5.02 Å². The van der Waals surface area contributed by atoms with Crippen molar-refractivity contribution in [2.24, 2.45) is 0 Å². The molecule has 1 saturated heterocycles. The molecule has 0 unspecified atom stereocenters. The third kappa shape index (κ3) is 2.69. The molecule has 3 rings (SSSR count). The lowest BCUT2D eigenvalue weighted by molar-refractivity contribution is 0.0572. The normalized spacial score (nSPS) is 23.4. The summed E-state index contributed by atoms with van der Waals surface area (Å²) in [6.07, 6.45) is -1.44. The molecule has 0 saturated carbocycles. The van der Waals surface area contributed by atoms with Gasteiger partial charge in [-0.15, -0.1) is 10.2 Å². The minimum atomic E-state index is -0.721. The standard InChI is InChI=1S/C13H14ClN3O3/c14-9-4-2-1-3-8(9)13-16-15-12(20-13)7-17-5-10(18)11(19)6-17/h1-4,10-11,18-19H,5-7H2/t10-,11+. The Kier molecular flexibility index (Phi) is 3.71. The molecule has 1 aliphatic heterocycles. The van der Waals surface area contributed by atoms with E-state index in [2.05, 4.69) is 10.2 Å². The van der Waals surface area contributed by atoms with E-state index in [9.17, 15) is 10.2 Å². The van der Waals surface area contributed by atoms with Crippen LogP contribution in [0.1, 0.15) is 5.89 Å². The molecule has 1 aromatic heterocycles. The van der Waals surface area contributed by atoms with E-state index in [1.165, 1.54) is 0 Å². The molecule has 2 N–H and O–H groups in total. The fourth-order valence-corrected chi connectivity index (χ4v) is 2.44. The van der Waals surface area contributed by atoms with E-state index in [1.807, 2.05) is 23.1 Å². The summed E-state index contributed by atoms with van der Waals surface area (Å²) in [6.45, 7) is 1.18. The molecule has 20 heavy (non-hydrogen) atoms. The van der Waals surface area contributed by atoms with Crippen LogP contribution in [0.25, 0.3) is 11.5 Å². The summed E-state index contributed by atoms with van der Waals surface area (Å²) in [4.78, 5) is 1.86. The zero-order valence-electron chi connectivity index (χ0n) is 10.6. The van der Waals surface area contributed by atoms with Gasteiger partial charge in [-0.25, -0.2) is 0 Å². The van der Waals surface area contributed by atoms with Crippen LogP contribution in [0.3, 0.4) is 0 Å². The summed E-state index contributed by atoms with van der Waals surface area (Å²) < 4.78 is 5.57. The number of β-amino-alcohol motifs (C(OH)–C–C–N with tert-alkyl or cyclic N) is 2. The summed E-state index contributed by atoms with van der Waals surface area (Å²) >= 11 is 6.07. The van der Waals surface area contributed by atoms with Crippen LogP contribution >= 0.6 is 11.6 Å². The van der Waals surface area contributed by atoms with Crippen LogP contribution in [0.15, 0.2) is 28.7 Å². The molecule has 2 atom stereocenters. The van der Waals surface area contributed by atoms with Crippen molar-refractivity contribution < 1.29 is 14.6 Å². The van der Waals surface area contributed by atoms with Gasteiger partial charge in [-0.2, -0.15) is 0 Å². The van der Waals surface area contributed by atoms with Gasteiger partial charge >= 0.3 is 0 Å². The molecule has 2 heterocycles. The second-order valence-electron chi connectivity index (χ2n) is 4.81. The number of aliphatic hydroxyl groups is 2. The molecular weight excluding hydrogens is 282 g/mol. The van der Waals surface area contributed by atoms with Crippen molar-refractivity contribution in [3.63, 3.8) is 0 Å². The minimum Gasteiger partial charge on any atom is -0.419 e. The largest absolute Gasteiger partial charge is 0.419 e. The molecule has 0 radical (unpaired) electrons. The van der Waals surface area contributed by atoms with E-state index in [4.69, 9.17) is 16.0 Å². The van der Waals surface area contributed by atoms with E-state index in [0.717, 1.165) is 0 Å². The molecule has 1 aromatic carbocycles. The van der Waals surface area contributed by atoms with Crippen LogP contribution in [-0.2, 0) is 6.54 Å². The van der Waals surface area contributed by atoms with Crippen molar-refractivity contribution in [1.29, 1.82) is 0 Å². The smallest absolute Gasteiger partial charge is 0.249 e. The molecular formula is C13H14ClN3O3. The molecule has 1 aliphatic rings. The predicted octanol–water partition coefficient (Wildman–Crippen LogP) is 0.927. The molecule has 7 heteroatoms. The number of aromatic nitrogens is 2. The summed E-state index contributed by atoms with van der Waals surface area (Å²) in [6, 6.07) is 7.24. The van der Waals surface area contributed by atoms with E-state index in [-0.39, 0.29) is 0 Å². The highest BCUT2D eigenvalue weighted by molar-refractivity contribution is 6.33. The number of likely N-dealkylation sites (tertiary alicyclic amines) is 1. The Balaban J connectivity index is 1.73. The average Bonchev–Trinajstić information content (AvgIpc) is 2.98. The van der Waals surface area contributed by atoms with E-state index in [1.54, 1.807) is 6.07 Å². The highest BCUT2D eigenvalue weighted by atomic mass is 35.5. The molecule has 0 bridgehead atoms. The van der Waals surface area contributed by atoms with Gasteiger partial charge in [-0.1, -0.05) is 23.7 Å². The molecule has 0 spiro atoms. The Morgan fingerprint density at radius 2 is 1.90 bits per heavy atom. The summed E-state index contributed by atoms with van der Waals surface area (Å²) in [5.41, 5.74) is 0.689. The Morgan fingerprint density at radius 1 is 1.20 bits per heavy atom. The SMILES string of the molecule is O[C@@H]1CN(Cc2nnc(-c3ccccc3Cl)o2)C[C@@H]1O. The first kappa shape index (κ1) is 13.5. The van der Waals surface area contributed by atoms with Crippen LogP contribution in [0, 0.1) is 0 Å². The maximum atomic E-state index is 9.49. The second-order valence-corrected chi connectivity index (χ2v) is 5.22. The van der Waals surface area contributed by atoms with Gasteiger partial charge in [0.1, 0.15) is 0 Å². The van der Waals surface area contributed by atoms with Crippen molar-refractivity contribution >= 4 is 11.6 Å². The highest BCUT2D eigenvalue weighted by Crippen LogP contribution is 2.26. The van der Waals surface area contributed by atoms with Gasteiger partial charge in [0.25, 0.3) is 0 Å². The summed E-state index contributed by atoms with van der Waals surface area (Å²) in [5.74, 6) is 0.798.